The minimum absolute atomic E-state index is 0.243. The van der Waals surface area contributed by atoms with Crippen LogP contribution in [0, 0.1) is 0 Å². The third-order valence-corrected chi connectivity index (χ3v) is 4.79. The van der Waals surface area contributed by atoms with E-state index in [-0.39, 0.29) is 17.4 Å². The number of benzene rings is 1. The number of halogens is 1. The van der Waals surface area contributed by atoms with Crippen molar-refractivity contribution in [1.82, 2.24) is 10.2 Å². The van der Waals surface area contributed by atoms with E-state index in [0.29, 0.717) is 23.1 Å². The van der Waals surface area contributed by atoms with Crippen LogP contribution in [0.15, 0.2) is 40.8 Å². The summed E-state index contributed by atoms with van der Waals surface area (Å²) in [5, 5.41) is 3.43. The van der Waals surface area contributed by atoms with Gasteiger partial charge in [0.2, 0.25) is 0 Å². The molecular weight excluding hydrogens is 348 g/mol. The van der Waals surface area contributed by atoms with E-state index in [0.717, 1.165) is 12.1 Å². The molecule has 0 aliphatic rings. The molecule has 0 aliphatic heterocycles. The molecule has 0 spiro atoms. The smallest absolute Gasteiger partial charge is 0.287 e. The van der Waals surface area contributed by atoms with E-state index in [2.05, 4.69) is 5.32 Å². The quantitative estimate of drug-likeness (QED) is 0.778. The third kappa shape index (κ3) is 6.11. The molecule has 1 aromatic carbocycles. The Kier molecular flexibility index (Phi) is 7.02. The highest BCUT2D eigenvalue weighted by atomic mass is 35.5. The maximum absolute atomic E-state index is 12.2. The van der Waals surface area contributed by atoms with Gasteiger partial charge < -0.3 is 14.6 Å². The zero-order valence-electron chi connectivity index (χ0n) is 13.8. The maximum atomic E-state index is 12.2. The van der Waals surface area contributed by atoms with E-state index >= 15 is 0 Å². The molecule has 0 fully saturated rings. The Morgan fingerprint density at radius 1 is 1.17 bits per heavy atom. The zero-order valence-corrected chi connectivity index (χ0v) is 15.3. The van der Waals surface area contributed by atoms with E-state index in [1.165, 1.54) is 0 Å². The number of likely N-dealkylation sites (N-methyl/N-ethyl adjacent to an activating group) is 1. The molecule has 0 aliphatic carbocycles. The summed E-state index contributed by atoms with van der Waals surface area (Å²) < 4.78 is 17.7. The van der Waals surface area contributed by atoms with Gasteiger partial charge in [-0.15, -0.1) is 0 Å². The molecular formula is C17H21ClN2O3S. The lowest BCUT2D eigenvalue weighted by Crippen LogP contribution is -2.31. The van der Waals surface area contributed by atoms with Crippen molar-refractivity contribution in [2.45, 2.75) is 11.5 Å². The number of nitrogens with zero attached hydrogens (tertiary/aromatic N) is 1. The van der Waals surface area contributed by atoms with Gasteiger partial charge >= 0.3 is 0 Å². The molecule has 1 aromatic heterocycles. The van der Waals surface area contributed by atoms with Crippen LogP contribution in [-0.2, 0) is 22.3 Å². The lowest BCUT2D eigenvalue weighted by atomic mass is 10.2. The van der Waals surface area contributed by atoms with Crippen LogP contribution in [0.1, 0.15) is 21.9 Å². The molecule has 7 heteroatoms. The number of hydrogen-bond donors (Lipinski definition) is 1. The van der Waals surface area contributed by atoms with Gasteiger partial charge in [-0.2, -0.15) is 0 Å². The average Bonchev–Trinajstić information content (AvgIpc) is 2.97. The predicted octanol–water partition coefficient (Wildman–Crippen LogP) is 2.67. The summed E-state index contributed by atoms with van der Waals surface area (Å²) in [5.74, 6) is 1.22. The summed E-state index contributed by atoms with van der Waals surface area (Å²) in [6.45, 7) is 1.30. The number of carbonyl (C=O) groups excluding carboxylic acids is 1. The molecule has 2 aromatic rings. The minimum Gasteiger partial charge on any atom is -0.455 e. The summed E-state index contributed by atoms with van der Waals surface area (Å²) >= 11 is 5.83. The van der Waals surface area contributed by atoms with E-state index < -0.39 is 10.8 Å². The Bertz CT molecular complexity index is 698. The third-order valence-electron chi connectivity index (χ3n) is 3.27. The van der Waals surface area contributed by atoms with Crippen molar-refractivity contribution in [1.29, 1.82) is 0 Å². The van der Waals surface area contributed by atoms with Crippen molar-refractivity contribution in [2.24, 2.45) is 0 Å². The number of rotatable bonds is 8. The van der Waals surface area contributed by atoms with Crippen molar-refractivity contribution in [2.75, 3.05) is 27.2 Å². The lowest BCUT2D eigenvalue weighted by Gasteiger charge is -2.09. The second-order valence-electron chi connectivity index (χ2n) is 5.68. The largest absolute Gasteiger partial charge is 0.455 e. The fourth-order valence-electron chi connectivity index (χ4n) is 2.03. The second-order valence-corrected chi connectivity index (χ2v) is 7.57. The van der Waals surface area contributed by atoms with Gasteiger partial charge in [-0.05, 0) is 43.9 Å². The van der Waals surface area contributed by atoms with Crippen LogP contribution >= 0.6 is 11.6 Å². The Balaban J connectivity index is 1.85. The summed E-state index contributed by atoms with van der Waals surface area (Å²) in [7, 11) is 2.76. The summed E-state index contributed by atoms with van der Waals surface area (Å²) in [5.41, 5.74) is 0.950. The Morgan fingerprint density at radius 2 is 1.88 bits per heavy atom. The number of amides is 1. The molecule has 0 radical (unpaired) electrons. The lowest BCUT2D eigenvalue weighted by molar-refractivity contribution is 0.0922. The molecule has 24 heavy (non-hydrogen) atoms. The van der Waals surface area contributed by atoms with Crippen LogP contribution in [0.2, 0.25) is 5.02 Å². The van der Waals surface area contributed by atoms with Gasteiger partial charge in [0.05, 0.1) is 5.75 Å². The Labute approximate surface area is 149 Å². The molecule has 130 valence electrons. The van der Waals surface area contributed by atoms with Crippen LogP contribution in [0.5, 0.6) is 0 Å². The first-order valence-electron chi connectivity index (χ1n) is 7.55. The first-order chi connectivity index (χ1) is 11.4. The van der Waals surface area contributed by atoms with E-state index in [9.17, 15) is 9.00 Å². The first kappa shape index (κ1) is 18.7. The van der Waals surface area contributed by atoms with Crippen molar-refractivity contribution < 1.29 is 13.4 Å². The normalized spacial score (nSPS) is 12.3. The maximum Gasteiger partial charge on any atom is 0.287 e. The van der Waals surface area contributed by atoms with Gasteiger partial charge in [0, 0.05) is 34.7 Å². The topological polar surface area (TPSA) is 62.6 Å². The Morgan fingerprint density at radius 3 is 2.54 bits per heavy atom. The Hall–Kier alpha value is -1.63. The number of carbonyl (C=O) groups is 1. The van der Waals surface area contributed by atoms with Gasteiger partial charge in [0.15, 0.2) is 5.76 Å². The zero-order chi connectivity index (χ0) is 17.5. The highest BCUT2D eigenvalue weighted by Crippen LogP contribution is 2.15. The van der Waals surface area contributed by atoms with Crippen LogP contribution in [0.3, 0.4) is 0 Å². The standard InChI is InChI=1S/C17H21ClN2O3S/c1-20(2)10-9-19-17(21)16-8-7-15(23-16)12-24(22)11-13-3-5-14(18)6-4-13/h3-8H,9-12H2,1-2H3,(H,19,21)/t24-/m0/s1. The fourth-order valence-corrected chi connectivity index (χ4v) is 3.30. The molecule has 5 nitrogen and oxygen atoms in total. The molecule has 1 amide bonds. The molecule has 1 atom stereocenters. The highest BCUT2D eigenvalue weighted by molar-refractivity contribution is 7.83. The molecule has 0 bridgehead atoms. The minimum atomic E-state index is -1.12. The fraction of sp³-hybridized carbons (Fsp3) is 0.353. The van der Waals surface area contributed by atoms with Crippen molar-refractivity contribution in [3.05, 3.63) is 58.5 Å². The number of furan rings is 1. The monoisotopic (exact) mass is 368 g/mol. The number of hydrogen-bond acceptors (Lipinski definition) is 4. The summed E-state index contributed by atoms with van der Waals surface area (Å²) in [4.78, 5) is 13.9. The predicted molar refractivity (Wildman–Crippen MR) is 96.6 cm³/mol. The van der Waals surface area contributed by atoms with Crippen molar-refractivity contribution in [3.63, 3.8) is 0 Å². The van der Waals surface area contributed by atoms with Crippen LogP contribution < -0.4 is 5.32 Å². The van der Waals surface area contributed by atoms with E-state index in [1.807, 2.05) is 31.1 Å². The van der Waals surface area contributed by atoms with Gasteiger partial charge in [-0.3, -0.25) is 9.00 Å². The average molecular weight is 369 g/mol. The highest BCUT2D eigenvalue weighted by Gasteiger charge is 2.13. The summed E-state index contributed by atoms with van der Waals surface area (Å²) in [6.07, 6.45) is 0. The van der Waals surface area contributed by atoms with Gasteiger partial charge in [-0.1, -0.05) is 23.7 Å². The molecule has 1 N–H and O–H groups in total. The molecule has 2 rings (SSSR count). The summed E-state index contributed by atoms with van der Waals surface area (Å²) in [6, 6.07) is 10.6. The molecule has 1 heterocycles. The number of nitrogens with one attached hydrogen (secondary N) is 1. The van der Waals surface area contributed by atoms with Crippen molar-refractivity contribution >= 4 is 28.3 Å². The van der Waals surface area contributed by atoms with Gasteiger partial charge in [0.25, 0.3) is 5.91 Å². The van der Waals surface area contributed by atoms with E-state index in [4.69, 9.17) is 16.0 Å². The van der Waals surface area contributed by atoms with Crippen molar-refractivity contribution in [3.8, 4) is 0 Å². The second kappa shape index (κ2) is 9.01. The molecule has 0 saturated carbocycles. The van der Waals surface area contributed by atoms with Crippen LogP contribution in [0.4, 0.5) is 0 Å². The molecule has 0 unspecified atom stereocenters. The SMILES string of the molecule is CN(C)CCNC(=O)c1ccc(C[S@@](=O)Cc2ccc(Cl)cc2)o1. The van der Waals surface area contributed by atoms with Gasteiger partial charge in [-0.25, -0.2) is 0 Å². The first-order valence-corrected chi connectivity index (χ1v) is 9.41. The van der Waals surface area contributed by atoms with Gasteiger partial charge in [0.1, 0.15) is 5.76 Å². The van der Waals surface area contributed by atoms with E-state index in [1.54, 1.807) is 24.3 Å². The van der Waals surface area contributed by atoms with Crippen LogP contribution in [0.25, 0.3) is 0 Å². The van der Waals surface area contributed by atoms with Crippen LogP contribution in [-0.4, -0.2) is 42.2 Å². The molecule has 0 saturated heterocycles.